The van der Waals surface area contributed by atoms with Gasteiger partial charge in [0, 0.05) is 38.8 Å². The smallest absolute Gasteiger partial charge is 0.243 e. The van der Waals surface area contributed by atoms with Gasteiger partial charge in [-0.25, -0.2) is 0 Å². The Labute approximate surface area is 174 Å². The summed E-state index contributed by atoms with van der Waals surface area (Å²) >= 11 is 0. The fourth-order valence-corrected chi connectivity index (χ4v) is 3.57. The van der Waals surface area contributed by atoms with Crippen molar-refractivity contribution in [1.29, 1.82) is 0 Å². The molecule has 29 heavy (non-hydrogen) atoms. The molecule has 1 amide bonds. The predicted molar refractivity (Wildman–Crippen MR) is 119 cm³/mol. The molecule has 1 fully saturated rings. The van der Waals surface area contributed by atoms with Crippen molar-refractivity contribution >= 4 is 17.7 Å². The van der Waals surface area contributed by atoms with Gasteiger partial charge < -0.3 is 15.0 Å². The molecular formula is C24H31N3O2. The summed E-state index contributed by atoms with van der Waals surface area (Å²) in [6.07, 6.45) is 5.54. The number of amides is 1. The number of hydrogen-bond acceptors (Lipinski definition) is 4. The molecule has 154 valence electrons. The lowest BCUT2D eigenvalue weighted by molar-refractivity contribution is -0.116. The number of para-hydroxylation sites is 2. The summed E-state index contributed by atoms with van der Waals surface area (Å²) in [5.41, 5.74) is 2.22. The van der Waals surface area contributed by atoms with E-state index in [1.807, 2.05) is 48.5 Å². The molecule has 0 aromatic heterocycles. The molecule has 1 aliphatic heterocycles. The van der Waals surface area contributed by atoms with Crippen LogP contribution in [0, 0.1) is 0 Å². The number of methoxy groups -OCH3 is 1. The number of rotatable bonds is 9. The minimum atomic E-state index is -0.0284. The van der Waals surface area contributed by atoms with Crippen molar-refractivity contribution in [3.63, 3.8) is 0 Å². The maximum absolute atomic E-state index is 11.9. The number of hydrogen-bond donors (Lipinski definition) is 1. The van der Waals surface area contributed by atoms with Gasteiger partial charge in [0.2, 0.25) is 5.91 Å². The first-order valence-electron chi connectivity index (χ1n) is 10.4. The zero-order valence-electron chi connectivity index (χ0n) is 17.2. The summed E-state index contributed by atoms with van der Waals surface area (Å²) in [7, 11) is 1.73. The second kappa shape index (κ2) is 11.3. The summed E-state index contributed by atoms with van der Waals surface area (Å²) in [5.74, 6) is 0.914. The predicted octanol–water partition coefficient (Wildman–Crippen LogP) is 3.43. The third-order valence-electron chi connectivity index (χ3n) is 5.23. The Morgan fingerprint density at radius 3 is 2.48 bits per heavy atom. The molecule has 2 aromatic rings. The summed E-state index contributed by atoms with van der Waals surface area (Å²) < 4.78 is 5.48. The van der Waals surface area contributed by atoms with Crippen LogP contribution in [-0.4, -0.2) is 57.2 Å². The average Bonchev–Trinajstić information content (AvgIpc) is 2.78. The number of carbonyl (C=O) groups is 1. The van der Waals surface area contributed by atoms with E-state index in [0.29, 0.717) is 0 Å². The Balaban J connectivity index is 1.29. The fourth-order valence-electron chi connectivity index (χ4n) is 3.57. The SMILES string of the molecule is COc1ccccc1N1CCN(CCCCNC(=O)/C=C/c2ccccc2)CC1. The topological polar surface area (TPSA) is 44.8 Å². The zero-order valence-corrected chi connectivity index (χ0v) is 17.2. The van der Waals surface area contributed by atoms with Crippen LogP contribution in [-0.2, 0) is 4.79 Å². The van der Waals surface area contributed by atoms with Crippen LogP contribution in [0.15, 0.2) is 60.7 Å². The second-order valence-electron chi connectivity index (χ2n) is 7.24. The number of unbranched alkanes of at least 4 members (excludes halogenated alkanes) is 1. The molecule has 0 bridgehead atoms. The maximum Gasteiger partial charge on any atom is 0.243 e. The van der Waals surface area contributed by atoms with Crippen molar-refractivity contribution in [3.05, 3.63) is 66.2 Å². The molecule has 2 aromatic carbocycles. The zero-order chi connectivity index (χ0) is 20.3. The lowest BCUT2D eigenvalue weighted by Crippen LogP contribution is -2.46. The molecular weight excluding hydrogens is 362 g/mol. The largest absolute Gasteiger partial charge is 0.495 e. The molecule has 1 N–H and O–H groups in total. The third kappa shape index (κ3) is 6.64. The van der Waals surface area contributed by atoms with Gasteiger partial charge in [0.15, 0.2) is 0 Å². The number of nitrogens with one attached hydrogen (secondary N) is 1. The Bertz CT molecular complexity index is 784. The van der Waals surface area contributed by atoms with Crippen LogP contribution < -0.4 is 15.0 Å². The minimum Gasteiger partial charge on any atom is -0.495 e. The van der Waals surface area contributed by atoms with Crippen LogP contribution in [0.2, 0.25) is 0 Å². The highest BCUT2D eigenvalue weighted by Crippen LogP contribution is 2.28. The van der Waals surface area contributed by atoms with Crippen LogP contribution in [0.25, 0.3) is 6.08 Å². The lowest BCUT2D eigenvalue weighted by atomic mass is 10.2. The summed E-state index contributed by atoms with van der Waals surface area (Å²) in [6.45, 7) is 5.95. The van der Waals surface area contributed by atoms with E-state index in [4.69, 9.17) is 4.74 Å². The highest BCUT2D eigenvalue weighted by Gasteiger charge is 2.18. The standard InChI is InChI=1S/C24H31N3O2/c1-29-23-12-6-5-11-22(23)27-19-17-26(18-20-27)16-8-7-15-25-24(28)14-13-21-9-3-2-4-10-21/h2-6,9-14H,7-8,15-20H2,1H3,(H,25,28)/b14-13+. The van der Waals surface area contributed by atoms with E-state index >= 15 is 0 Å². The van der Waals surface area contributed by atoms with Gasteiger partial charge in [-0.15, -0.1) is 0 Å². The van der Waals surface area contributed by atoms with Crippen molar-refractivity contribution in [2.45, 2.75) is 12.8 Å². The number of carbonyl (C=O) groups excluding carboxylic acids is 1. The van der Waals surface area contributed by atoms with Crippen molar-refractivity contribution in [3.8, 4) is 5.75 Å². The van der Waals surface area contributed by atoms with Crippen LogP contribution in [0.3, 0.4) is 0 Å². The number of piperazine rings is 1. The van der Waals surface area contributed by atoms with Crippen molar-refractivity contribution in [2.24, 2.45) is 0 Å². The molecule has 1 saturated heterocycles. The fraction of sp³-hybridized carbons (Fsp3) is 0.375. The third-order valence-corrected chi connectivity index (χ3v) is 5.23. The number of benzene rings is 2. The quantitative estimate of drug-likeness (QED) is 0.524. The molecule has 0 atom stereocenters. The van der Waals surface area contributed by atoms with Crippen molar-refractivity contribution in [2.75, 3.05) is 51.3 Å². The Morgan fingerprint density at radius 2 is 1.72 bits per heavy atom. The van der Waals surface area contributed by atoms with E-state index in [-0.39, 0.29) is 5.91 Å². The molecule has 0 spiro atoms. The van der Waals surface area contributed by atoms with Gasteiger partial charge in [0.1, 0.15) is 5.75 Å². The van der Waals surface area contributed by atoms with E-state index < -0.39 is 0 Å². The Kier molecular flexibility index (Phi) is 8.13. The van der Waals surface area contributed by atoms with Crippen LogP contribution in [0.1, 0.15) is 18.4 Å². The highest BCUT2D eigenvalue weighted by molar-refractivity contribution is 5.91. The lowest BCUT2D eigenvalue weighted by Gasteiger charge is -2.36. The molecule has 0 aliphatic carbocycles. The summed E-state index contributed by atoms with van der Waals surface area (Å²) in [6, 6.07) is 18.1. The van der Waals surface area contributed by atoms with E-state index in [1.165, 1.54) is 5.69 Å². The van der Waals surface area contributed by atoms with Crippen molar-refractivity contribution in [1.82, 2.24) is 10.2 Å². The first-order chi connectivity index (χ1) is 14.3. The molecule has 3 rings (SSSR count). The number of ether oxygens (including phenoxy) is 1. The van der Waals surface area contributed by atoms with Gasteiger partial charge in [-0.1, -0.05) is 42.5 Å². The molecule has 5 heteroatoms. The molecule has 0 radical (unpaired) electrons. The van der Waals surface area contributed by atoms with Gasteiger partial charge in [-0.2, -0.15) is 0 Å². The molecule has 0 unspecified atom stereocenters. The molecule has 0 saturated carbocycles. The number of nitrogens with zero attached hydrogens (tertiary/aromatic N) is 2. The highest BCUT2D eigenvalue weighted by atomic mass is 16.5. The maximum atomic E-state index is 11.9. The van der Waals surface area contributed by atoms with Gasteiger partial charge in [0.25, 0.3) is 0 Å². The van der Waals surface area contributed by atoms with Gasteiger partial charge in [-0.3, -0.25) is 9.69 Å². The Hall–Kier alpha value is -2.79. The normalized spacial score (nSPS) is 14.9. The summed E-state index contributed by atoms with van der Waals surface area (Å²) in [4.78, 5) is 16.8. The van der Waals surface area contributed by atoms with Crippen LogP contribution in [0.4, 0.5) is 5.69 Å². The monoisotopic (exact) mass is 393 g/mol. The van der Waals surface area contributed by atoms with E-state index in [1.54, 1.807) is 13.2 Å². The Morgan fingerprint density at radius 1 is 1.00 bits per heavy atom. The van der Waals surface area contributed by atoms with E-state index in [9.17, 15) is 4.79 Å². The molecule has 5 nitrogen and oxygen atoms in total. The van der Waals surface area contributed by atoms with E-state index in [0.717, 1.165) is 63.4 Å². The van der Waals surface area contributed by atoms with E-state index in [2.05, 4.69) is 27.2 Å². The molecule has 1 heterocycles. The molecule has 1 aliphatic rings. The van der Waals surface area contributed by atoms with Crippen LogP contribution >= 0.6 is 0 Å². The first-order valence-corrected chi connectivity index (χ1v) is 10.4. The minimum absolute atomic E-state index is 0.0284. The number of anilines is 1. The van der Waals surface area contributed by atoms with Crippen LogP contribution in [0.5, 0.6) is 5.75 Å². The van der Waals surface area contributed by atoms with Gasteiger partial charge >= 0.3 is 0 Å². The average molecular weight is 394 g/mol. The van der Waals surface area contributed by atoms with Gasteiger partial charge in [0.05, 0.1) is 12.8 Å². The van der Waals surface area contributed by atoms with Gasteiger partial charge in [-0.05, 0) is 43.2 Å². The second-order valence-corrected chi connectivity index (χ2v) is 7.24. The van der Waals surface area contributed by atoms with Crippen molar-refractivity contribution < 1.29 is 9.53 Å². The first kappa shape index (κ1) is 20.9. The summed E-state index contributed by atoms with van der Waals surface area (Å²) in [5, 5.41) is 2.97.